The summed E-state index contributed by atoms with van der Waals surface area (Å²) in [7, 11) is 0. The van der Waals surface area contributed by atoms with Crippen molar-refractivity contribution < 1.29 is 5.11 Å². The molecule has 0 radical (unpaired) electrons. The van der Waals surface area contributed by atoms with E-state index in [2.05, 4.69) is 47.3 Å². The Bertz CT molecular complexity index is 504. The lowest BCUT2D eigenvalue weighted by Gasteiger charge is -2.10. The van der Waals surface area contributed by atoms with Crippen LogP contribution in [0.3, 0.4) is 0 Å². The molecule has 0 unspecified atom stereocenters. The molecule has 0 spiro atoms. The predicted octanol–water partition coefficient (Wildman–Crippen LogP) is 2.91. The second-order valence-corrected chi connectivity index (χ2v) is 4.97. The molecule has 0 bridgehead atoms. The number of unbranched alkanes of at least 4 members (excludes halogenated alkanes) is 1. The third kappa shape index (κ3) is 3.58. The van der Waals surface area contributed by atoms with Gasteiger partial charge in [-0.05, 0) is 42.8 Å². The van der Waals surface area contributed by atoms with Gasteiger partial charge in [-0.1, -0.05) is 25.1 Å². The minimum atomic E-state index is 0.282. The number of benzene rings is 1. The first-order valence-electron chi connectivity index (χ1n) is 7.25. The molecule has 2 rings (SSSR count). The number of aliphatic hydroxyl groups excluding tert-OH is 1. The Kier molecular flexibility index (Phi) is 5.43. The van der Waals surface area contributed by atoms with Crippen LogP contribution < -0.4 is 5.32 Å². The number of aryl methyl sites for hydroxylation is 1. The van der Waals surface area contributed by atoms with Crippen LogP contribution in [0, 0.1) is 0 Å². The Labute approximate surface area is 115 Å². The molecule has 1 aromatic heterocycles. The molecule has 1 heterocycles. The van der Waals surface area contributed by atoms with E-state index in [1.807, 2.05) is 0 Å². The highest BCUT2D eigenvalue weighted by atomic mass is 16.2. The molecule has 0 saturated carbocycles. The van der Waals surface area contributed by atoms with Crippen molar-refractivity contribution in [3.63, 3.8) is 0 Å². The van der Waals surface area contributed by atoms with Crippen LogP contribution in [0.1, 0.15) is 31.7 Å². The van der Waals surface area contributed by atoms with Crippen LogP contribution in [0.4, 0.5) is 0 Å². The lowest BCUT2D eigenvalue weighted by molar-refractivity contribution is 0.281. The van der Waals surface area contributed by atoms with Crippen LogP contribution in [0.5, 0.6) is 0 Å². The Morgan fingerprint density at radius 1 is 1.21 bits per heavy atom. The van der Waals surface area contributed by atoms with Gasteiger partial charge >= 0.3 is 0 Å². The zero-order valence-electron chi connectivity index (χ0n) is 11.7. The molecule has 0 fully saturated rings. The average molecular weight is 260 g/mol. The zero-order valence-corrected chi connectivity index (χ0v) is 11.7. The first-order valence-corrected chi connectivity index (χ1v) is 7.25. The number of nitrogens with one attached hydrogen (secondary N) is 1. The first kappa shape index (κ1) is 14.1. The number of aliphatic hydroxyl groups is 1. The van der Waals surface area contributed by atoms with Gasteiger partial charge in [-0.2, -0.15) is 0 Å². The van der Waals surface area contributed by atoms with Crippen molar-refractivity contribution in [1.82, 2.24) is 9.88 Å². The van der Waals surface area contributed by atoms with Crippen molar-refractivity contribution in [3.05, 3.63) is 36.0 Å². The number of hydrogen-bond acceptors (Lipinski definition) is 2. The maximum absolute atomic E-state index is 8.89. The maximum Gasteiger partial charge on any atom is 0.0525 e. The summed E-state index contributed by atoms with van der Waals surface area (Å²) in [5.74, 6) is 0. The van der Waals surface area contributed by atoms with Crippen LogP contribution in [-0.4, -0.2) is 22.8 Å². The van der Waals surface area contributed by atoms with Crippen molar-refractivity contribution in [2.45, 2.75) is 39.3 Å². The highest BCUT2D eigenvalue weighted by Gasteiger charge is 2.06. The summed E-state index contributed by atoms with van der Waals surface area (Å²) >= 11 is 0. The molecule has 0 amide bonds. The Hall–Kier alpha value is -1.32. The van der Waals surface area contributed by atoms with Crippen LogP contribution in [0.2, 0.25) is 0 Å². The molecular formula is C16H24N2O. The third-order valence-electron chi connectivity index (χ3n) is 3.42. The summed E-state index contributed by atoms with van der Waals surface area (Å²) < 4.78 is 2.31. The summed E-state index contributed by atoms with van der Waals surface area (Å²) in [6, 6.07) is 8.68. The van der Waals surface area contributed by atoms with E-state index in [0.717, 1.165) is 38.9 Å². The molecule has 3 nitrogen and oxygen atoms in total. The second-order valence-electron chi connectivity index (χ2n) is 4.97. The smallest absolute Gasteiger partial charge is 0.0525 e. The van der Waals surface area contributed by atoms with Gasteiger partial charge in [-0.3, -0.25) is 0 Å². The quantitative estimate of drug-likeness (QED) is 0.716. The summed E-state index contributed by atoms with van der Waals surface area (Å²) in [5, 5.41) is 13.7. The van der Waals surface area contributed by atoms with Crippen LogP contribution in [0.25, 0.3) is 10.9 Å². The van der Waals surface area contributed by atoms with Crippen molar-refractivity contribution in [3.8, 4) is 0 Å². The van der Waals surface area contributed by atoms with Crippen molar-refractivity contribution >= 4 is 10.9 Å². The maximum atomic E-state index is 8.89. The summed E-state index contributed by atoms with van der Waals surface area (Å²) in [6.07, 6.45) is 5.21. The van der Waals surface area contributed by atoms with Gasteiger partial charge in [0.05, 0.1) is 5.52 Å². The van der Waals surface area contributed by atoms with Gasteiger partial charge in [0.1, 0.15) is 0 Å². The lowest BCUT2D eigenvalue weighted by atomic mass is 10.1. The van der Waals surface area contributed by atoms with Gasteiger partial charge in [0.2, 0.25) is 0 Å². The van der Waals surface area contributed by atoms with E-state index in [-0.39, 0.29) is 6.61 Å². The fourth-order valence-corrected chi connectivity index (χ4v) is 2.46. The summed E-state index contributed by atoms with van der Waals surface area (Å²) in [5.41, 5.74) is 2.70. The first-order chi connectivity index (χ1) is 9.36. The number of aromatic nitrogens is 1. The number of para-hydroxylation sites is 1. The van der Waals surface area contributed by atoms with Gasteiger partial charge in [-0.25, -0.2) is 0 Å². The van der Waals surface area contributed by atoms with E-state index in [0.29, 0.717) is 0 Å². The van der Waals surface area contributed by atoms with Gasteiger partial charge in [0.15, 0.2) is 0 Å². The Morgan fingerprint density at radius 2 is 2.11 bits per heavy atom. The molecule has 2 aromatic rings. The van der Waals surface area contributed by atoms with E-state index >= 15 is 0 Å². The molecule has 0 aliphatic heterocycles. The largest absolute Gasteiger partial charge is 0.396 e. The standard InChI is InChI=1S/C16H24N2O/c1-2-9-17-13-15-7-5-6-14-8-11-18(16(14)15)10-3-4-12-19/h5-8,11,17,19H,2-4,9-10,12-13H2,1H3. The van der Waals surface area contributed by atoms with Gasteiger partial charge in [0.25, 0.3) is 0 Å². The van der Waals surface area contributed by atoms with E-state index in [4.69, 9.17) is 5.11 Å². The summed E-state index contributed by atoms with van der Waals surface area (Å²) in [4.78, 5) is 0. The van der Waals surface area contributed by atoms with Crippen molar-refractivity contribution in [2.24, 2.45) is 0 Å². The molecule has 104 valence electrons. The van der Waals surface area contributed by atoms with E-state index < -0.39 is 0 Å². The highest BCUT2D eigenvalue weighted by Crippen LogP contribution is 2.21. The molecule has 2 N–H and O–H groups in total. The summed E-state index contributed by atoms with van der Waals surface area (Å²) in [6.45, 7) is 5.43. The second kappa shape index (κ2) is 7.31. The van der Waals surface area contributed by atoms with Gasteiger partial charge < -0.3 is 15.0 Å². The third-order valence-corrected chi connectivity index (χ3v) is 3.42. The molecule has 19 heavy (non-hydrogen) atoms. The van der Waals surface area contributed by atoms with E-state index in [1.165, 1.54) is 16.5 Å². The zero-order chi connectivity index (χ0) is 13.5. The predicted molar refractivity (Wildman–Crippen MR) is 80.3 cm³/mol. The Morgan fingerprint density at radius 3 is 2.89 bits per heavy atom. The van der Waals surface area contributed by atoms with Crippen LogP contribution in [-0.2, 0) is 13.1 Å². The topological polar surface area (TPSA) is 37.2 Å². The van der Waals surface area contributed by atoms with Crippen molar-refractivity contribution in [2.75, 3.05) is 13.2 Å². The average Bonchev–Trinajstić information content (AvgIpc) is 2.84. The lowest BCUT2D eigenvalue weighted by Crippen LogP contribution is -2.14. The molecule has 0 atom stereocenters. The van der Waals surface area contributed by atoms with Gasteiger partial charge in [-0.15, -0.1) is 0 Å². The fourth-order valence-electron chi connectivity index (χ4n) is 2.46. The minimum Gasteiger partial charge on any atom is -0.396 e. The molecule has 1 aromatic carbocycles. The van der Waals surface area contributed by atoms with E-state index in [1.54, 1.807) is 0 Å². The van der Waals surface area contributed by atoms with Gasteiger partial charge in [0, 0.05) is 25.9 Å². The highest BCUT2D eigenvalue weighted by molar-refractivity contribution is 5.83. The normalized spacial score (nSPS) is 11.3. The molecule has 0 saturated heterocycles. The molecule has 0 aliphatic carbocycles. The minimum absolute atomic E-state index is 0.282. The number of fused-ring (bicyclic) bond motifs is 1. The molecule has 0 aliphatic rings. The van der Waals surface area contributed by atoms with Crippen LogP contribution >= 0.6 is 0 Å². The molecule has 3 heteroatoms. The van der Waals surface area contributed by atoms with Crippen molar-refractivity contribution in [1.29, 1.82) is 0 Å². The van der Waals surface area contributed by atoms with E-state index in [9.17, 15) is 0 Å². The SMILES string of the molecule is CCCNCc1cccc2ccn(CCCCO)c12. The van der Waals surface area contributed by atoms with Crippen LogP contribution in [0.15, 0.2) is 30.5 Å². The fraction of sp³-hybridized carbons (Fsp3) is 0.500. The number of rotatable bonds is 8. The monoisotopic (exact) mass is 260 g/mol. The number of nitrogens with zero attached hydrogens (tertiary/aromatic N) is 1. The number of hydrogen-bond donors (Lipinski definition) is 2. The molecular weight excluding hydrogens is 236 g/mol. The Balaban J connectivity index is 2.17.